The SMILES string of the molecule is CCCOc1ccc(C=C2SC(=S)N(CCC)C2=O)cc1. The van der Waals surface area contributed by atoms with Gasteiger partial charge in [0.1, 0.15) is 10.1 Å². The first-order chi connectivity index (χ1) is 10.2. The van der Waals surface area contributed by atoms with Crippen LogP contribution < -0.4 is 4.74 Å². The number of hydrogen-bond donors (Lipinski definition) is 0. The molecule has 1 heterocycles. The van der Waals surface area contributed by atoms with Gasteiger partial charge in [-0.1, -0.05) is 50.0 Å². The summed E-state index contributed by atoms with van der Waals surface area (Å²) < 4.78 is 6.19. The van der Waals surface area contributed by atoms with Crippen molar-refractivity contribution in [1.29, 1.82) is 0 Å². The van der Waals surface area contributed by atoms with Crippen LogP contribution in [0.3, 0.4) is 0 Å². The Balaban J connectivity index is 2.09. The van der Waals surface area contributed by atoms with Crippen LogP contribution in [-0.2, 0) is 4.79 Å². The monoisotopic (exact) mass is 321 g/mol. The minimum atomic E-state index is 0.0122. The van der Waals surface area contributed by atoms with Gasteiger partial charge in [0, 0.05) is 6.54 Å². The second-order valence-corrected chi connectivity index (χ2v) is 6.43. The summed E-state index contributed by atoms with van der Waals surface area (Å²) in [5, 5.41) is 0. The summed E-state index contributed by atoms with van der Waals surface area (Å²) in [6, 6.07) is 7.76. The van der Waals surface area contributed by atoms with E-state index >= 15 is 0 Å². The largest absolute Gasteiger partial charge is 0.494 e. The molecule has 0 aliphatic carbocycles. The number of thiocarbonyl (C=S) groups is 1. The molecule has 2 rings (SSSR count). The van der Waals surface area contributed by atoms with Gasteiger partial charge in [0.2, 0.25) is 0 Å². The average molecular weight is 321 g/mol. The number of rotatable bonds is 6. The van der Waals surface area contributed by atoms with Gasteiger partial charge in [-0.15, -0.1) is 0 Å². The zero-order valence-corrected chi connectivity index (χ0v) is 13.9. The van der Waals surface area contributed by atoms with E-state index in [1.165, 1.54) is 11.8 Å². The van der Waals surface area contributed by atoms with Crippen molar-refractivity contribution >= 4 is 40.3 Å². The van der Waals surface area contributed by atoms with Gasteiger partial charge in [0.15, 0.2) is 0 Å². The van der Waals surface area contributed by atoms with Crippen LogP contribution in [0.15, 0.2) is 29.2 Å². The summed E-state index contributed by atoms with van der Waals surface area (Å²) in [4.78, 5) is 14.6. The zero-order chi connectivity index (χ0) is 15.2. The van der Waals surface area contributed by atoms with Crippen molar-refractivity contribution in [3.05, 3.63) is 34.7 Å². The number of thioether (sulfide) groups is 1. The molecule has 0 saturated carbocycles. The summed E-state index contributed by atoms with van der Waals surface area (Å²) >= 11 is 6.62. The Labute approximate surface area is 135 Å². The van der Waals surface area contributed by atoms with Crippen LogP contribution in [0.25, 0.3) is 6.08 Å². The first kappa shape index (κ1) is 16.0. The van der Waals surface area contributed by atoms with Crippen molar-refractivity contribution in [1.82, 2.24) is 4.90 Å². The Hall–Kier alpha value is -1.33. The average Bonchev–Trinajstić information content (AvgIpc) is 2.75. The molecule has 0 radical (unpaired) electrons. The van der Waals surface area contributed by atoms with Crippen LogP contribution >= 0.6 is 24.0 Å². The maximum Gasteiger partial charge on any atom is 0.266 e. The quantitative estimate of drug-likeness (QED) is 0.583. The Morgan fingerprint density at radius 3 is 2.57 bits per heavy atom. The van der Waals surface area contributed by atoms with E-state index in [1.54, 1.807) is 4.90 Å². The molecule has 0 N–H and O–H groups in total. The number of carbonyl (C=O) groups is 1. The maximum atomic E-state index is 12.2. The van der Waals surface area contributed by atoms with Crippen LogP contribution in [0, 0.1) is 0 Å². The Morgan fingerprint density at radius 1 is 1.24 bits per heavy atom. The molecule has 1 aliphatic rings. The molecule has 1 aromatic rings. The van der Waals surface area contributed by atoms with Crippen molar-refractivity contribution in [3.63, 3.8) is 0 Å². The van der Waals surface area contributed by atoms with Crippen molar-refractivity contribution in [2.45, 2.75) is 26.7 Å². The number of nitrogens with zero attached hydrogens (tertiary/aromatic N) is 1. The second kappa shape index (κ2) is 7.61. The number of benzene rings is 1. The van der Waals surface area contributed by atoms with Crippen molar-refractivity contribution in [2.75, 3.05) is 13.2 Å². The lowest BCUT2D eigenvalue weighted by atomic mass is 10.2. The molecule has 1 aliphatic heterocycles. The minimum absolute atomic E-state index is 0.0122. The van der Waals surface area contributed by atoms with Gasteiger partial charge in [-0.3, -0.25) is 9.69 Å². The fourth-order valence-electron chi connectivity index (χ4n) is 1.95. The van der Waals surface area contributed by atoms with Crippen LogP contribution in [0.2, 0.25) is 0 Å². The molecule has 0 aromatic heterocycles. The molecule has 112 valence electrons. The molecule has 21 heavy (non-hydrogen) atoms. The predicted molar refractivity (Wildman–Crippen MR) is 92.4 cm³/mol. The zero-order valence-electron chi connectivity index (χ0n) is 12.3. The summed E-state index contributed by atoms with van der Waals surface area (Å²) in [6.45, 7) is 5.52. The van der Waals surface area contributed by atoms with Crippen molar-refractivity contribution in [2.24, 2.45) is 0 Å². The Morgan fingerprint density at radius 2 is 1.95 bits per heavy atom. The van der Waals surface area contributed by atoms with Crippen molar-refractivity contribution < 1.29 is 9.53 Å². The molecule has 0 unspecified atom stereocenters. The second-order valence-electron chi connectivity index (χ2n) is 4.75. The first-order valence-corrected chi connectivity index (χ1v) is 8.36. The highest BCUT2D eigenvalue weighted by Crippen LogP contribution is 2.32. The number of hydrogen-bond acceptors (Lipinski definition) is 4. The molecule has 1 saturated heterocycles. The molecule has 0 spiro atoms. The van der Waals surface area contributed by atoms with Gasteiger partial charge >= 0.3 is 0 Å². The summed E-state index contributed by atoms with van der Waals surface area (Å²) in [6.07, 6.45) is 3.78. The Bertz CT molecular complexity index is 552. The summed E-state index contributed by atoms with van der Waals surface area (Å²) in [5.74, 6) is 0.866. The van der Waals surface area contributed by atoms with Crippen LogP contribution in [-0.4, -0.2) is 28.3 Å². The van der Waals surface area contributed by atoms with Crippen molar-refractivity contribution in [3.8, 4) is 5.75 Å². The molecule has 0 atom stereocenters. The molecular weight excluding hydrogens is 302 g/mol. The van der Waals surface area contributed by atoms with E-state index in [1.807, 2.05) is 37.3 Å². The van der Waals surface area contributed by atoms with E-state index in [4.69, 9.17) is 17.0 Å². The predicted octanol–water partition coefficient (Wildman–Crippen LogP) is 4.09. The van der Waals surface area contributed by atoms with E-state index in [9.17, 15) is 4.79 Å². The van der Waals surface area contributed by atoms with E-state index in [-0.39, 0.29) is 5.91 Å². The van der Waals surface area contributed by atoms with E-state index in [0.29, 0.717) is 15.8 Å². The number of ether oxygens (including phenoxy) is 1. The third-order valence-electron chi connectivity index (χ3n) is 2.97. The Kier molecular flexibility index (Phi) is 5.82. The maximum absolute atomic E-state index is 12.2. The third-order valence-corrected chi connectivity index (χ3v) is 4.35. The molecule has 3 nitrogen and oxygen atoms in total. The van der Waals surface area contributed by atoms with Gasteiger partial charge in [-0.05, 0) is 36.6 Å². The lowest BCUT2D eigenvalue weighted by Crippen LogP contribution is -2.28. The molecular formula is C16H19NO2S2. The van der Waals surface area contributed by atoms with E-state index < -0.39 is 0 Å². The van der Waals surface area contributed by atoms with Crippen LogP contribution in [0.4, 0.5) is 0 Å². The van der Waals surface area contributed by atoms with Gasteiger partial charge in [-0.2, -0.15) is 0 Å². The molecule has 0 bridgehead atoms. The van der Waals surface area contributed by atoms with E-state index in [2.05, 4.69) is 6.92 Å². The van der Waals surface area contributed by atoms with Crippen LogP contribution in [0.5, 0.6) is 5.75 Å². The highest BCUT2D eigenvalue weighted by atomic mass is 32.2. The number of carbonyl (C=O) groups excluding carboxylic acids is 1. The third kappa shape index (κ3) is 4.08. The smallest absolute Gasteiger partial charge is 0.266 e. The molecule has 1 fully saturated rings. The highest BCUT2D eigenvalue weighted by molar-refractivity contribution is 8.26. The fraction of sp³-hybridized carbons (Fsp3) is 0.375. The topological polar surface area (TPSA) is 29.5 Å². The normalized spacial score (nSPS) is 16.9. The van der Waals surface area contributed by atoms with Gasteiger partial charge in [-0.25, -0.2) is 0 Å². The van der Waals surface area contributed by atoms with Gasteiger partial charge < -0.3 is 4.74 Å². The fourth-order valence-corrected chi connectivity index (χ4v) is 3.26. The van der Waals surface area contributed by atoms with Crippen LogP contribution in [0.1, 0.15) is 32.3 Å². The highest BCUT2D eigenvalue weighted by Gasteiger charge is 2.30. The minimum Gasteiger partial charge on any atom is -0.494 e. The number of amides is 1. The summed E-state index contributed by atoms with van der Waals surface area (Å²) in [5.41, 5.74) is 0.982. The molecule has 1 amide bonds. The summed E-state index contributed by atoms with van der Waals surface area (Å²) in [7, 11) is 0. The lowest BCUT2D eigenvalue weighted by molar-refractivity contribution is -0.122. The van der Waals surface area contributed by atoms with E-state index in [0.717, 1.165) is 30.8 Å². The standard InChI is InChI=1S/C16H19NO2S2/c1-3-9-17-15(18)14(21-16(17)20)11-12-5-7-13(8-6-12)19-10-4-2/h5-8,11H,3-4,9-10H2,1-2H3. The lowest BCUT2D eigenvalue weighted by Gasteiger charge is -2.11. The first-order valence-electron chi connectivity index (χ1n) is 7.14. The van der Waals surface area contributed by atoms with Gasteiger partial charge in [0.25, 0.3) is 5.91 Å². The van der Waals surface area contributed by atoms with Gasteiger partial charge in [0.05, 0.1) is 11.5 Å². The molecule has 1 aromatic carbocycles. The molecule has 5 heteroatoms.